The molecule has 0 aliphatic rings. The Kier molecular flexibility index (Phi) is 3.24. The quantitative estimate of drug-likeness (QED) is 0.565. The summed E-state index contributed by atoms with van der Waals surface area (Å²) in [6, 6.07) is 5.65. The summed E-state index contributed by atoms with van der Waals surface area (Å²) in [5, 5.41) is 4.78. The molecule has 3 heterocycles. The predicted molar refractivity (Wildman–Crippen MR) is 91.1 cm³/mol. The molecule has 0 saturated heterocycles. The van der Waals surface area contributed by atoms with Gasteiger partial charge in [0.05, 0.1) is 33.3 Å². The van der Waals surface area contributed by atoms with Gasteiger partial charge in [0.15, 0.2) is 0 Å². The molecular weight excluding hydrogens is 334 g/mol. The van der Waals surface area contributed by atoms with Crippen LogP contribution in [0.3, 0.4) is 0 Å². The minimum Gasteiger partial charge on any atom is -0.334 e. The number of benzene rings is 1. The van der Waals surface area contributed by atoms with Crippen LogP contribution in [0.4, 0.5) is 5.69 Å². The SMILES string of the molecule is Cn1cnc2c(NC(=O)c3csc4cnc(Cl)nc34)cccc21. The highest BCUT2D eigenvalue weighted by molar-refractivity contribution is 7.17. The molecular formula is C15H10ClN5OS. The Morgan fingerprint density at radius 1 is 1.30 bits per heavy atom. The van der Waals surface area contributed by atoms with E-state index in [2.05, 4.69) is 20.3 Å². The van der Waals surface area contributed by atoms with Gasteiger partial charge in [0.25, 0.3) is 5.91 Å². The number of nitrogens with one attached hydrogen (secondary N) is 1. The Labute approximate surface area is 139 Å². The zero-order chi connectivity index (χ0) is 16.0. The van der Waals surface area contributed by atoms with E-state index in [1.165, 1.54) is 11.3 Å². The van der Waals surface area contributed by atoms with Crippen LogP contribution in [0.2, 0.25) is 5.28 Å². The van der Waals surface area contributed by atoms with E-state index >= 15 is 0 Å². The number of imidazole rings is 1. The number of amides is 1. The molecule has 3 aromatic heterocycles. The first-order valence-electron chi connectivity index (χ1n) is 6.74. The summed E-state index contributed by atoms with van der Waals surface area (Å²) in [7, 11) is 1.91. The van der Waals surface area contributed by atoms with Gasteiger partial charge < -0.3 is 9.88 Å². The second-order valence-corrected chi connectivity index (χ2v) is 6.23. The maximum atomic E-state index is 12.6. The van der Waals surface area contributed by atoms with Gasteiger partial charge in [-0.1, -0.05) is 6.07 Å². The number of halogens is 1. The number of fused-ring (bicyclic) bond motifs is 2. The summed E-state index contributed by atoms with van der Waals surface area (Å²) in [5.74, 6) is -0.246. The number of rotatable bonds is 2. The Morgan fingerprint density at radius 2 is 2.17 bits per heavy atom. The Balaban J connectivity index is 1.75. The average Bonchev–Trinajstić information content (AvgIpc) is 3.12. The number of anilines is 1. The summed E-state index contributed by atoms with van der Waals surface area (Å²) in [6.45, 7) is 0. The Bertz CT molecular complexity index is 1050. The highest BCUT2D eigenvalue weighted by Gasteiger charge is 2.16. The Hall–Kier alpha value is -2.51. The van der Waals surface area contributed by atoms with E-state index in [1.807, 2.05) is 29.8 Å². The first kappa shape index (κ1) is 14.1. The first-order valence-corrected chi connectivity index (χ1v) is 8.00. The average molecular weight is 344 g/mol. The monoisotopic (exact) mass is 343 g/mol. The van der Waals surface area contributed by atoms with E-state index in [-0.39, 0.29) is 11.2 Å². The van der Waals surface area contributed by atoms with Crippen LogP contribution in [0.25, 0.3) is 21.3 Å². The van der Waals surface area contributed by atoms with Crippen molar-refractivity contribution in [1.82, 2.24) is 19.5 Å². The molecule has 0 atom stereocenters. The molecule has 4 rings (SSSR count). The third-order valence-electron chi connectivity index (χ3n) is 3.53. The van der Waals surface area contributed by atoms with Gasteiger partial charge in [-0.3, -0.25) is 4.79 Å². The van der Waals surface area contributed by atoms with Gasteiger partial charge in [-0.2, -0.15) is 0 Å². The van der Waals surface area contributed by atoms with Crippen molar-refractivity contribution in [3.63, 3.8) is 0 Å². The van der Waals surface area contributed by atoms with Gasteiger partial charge in [-0.15, -0.1) is 11.3 Å². The van der Waals surface area contributed by atoms with E-state index in [9.17, 15) is 4.79 Å². The lowest BCUT2D eigenvalue weighted by Crippen LogP contribution is -2.12. The van der Waals surface area contributed by atoms with Gasteiger partial charge >= 0.3 is 0 Å². The van der Waals surface area contributed by atoms with E-state index in [0.29, 0.717) is 16.8 Å². The fourth-order valence-electron chi connectivity index (χ4n) is 2.42. The fourth-order valence-corrected chi connectivity index (χ4v) is 3.39. The van der Waals surface area contributed by atoms with Gasteiger partial charge in [-0.05, 0) is 23.7 Å². The number of aromatic nitrogens is 4. The number of nitrogens with zero attached hydrogens (tertiary/aromatic N) is 4. The third-order valence-corrected chi connectivity index (χ3v) is 4.62. The molecule has 23 heavy (non-hydrogen) atoms. The molecule has 1 N–H and O–H groups in total. The molecule has 114 valence electrons. The summed E-state index contributed by atoms with van der Waals surface area (Å²) in [4.78, 5) is 25.0. The number of thiophene rings is 1. The van der Waals surface area contributed by atoms with Crippen molar-refractivity contribution in [1.29, 1.82) is 0 Å². The molecule has 0 spiro atoms. The largest absolute Gasteiger partial charge is 0.334 e. The minimum absolute atomic E-state index is 0.122. The highest BCUT2D eigenvalue weighted by atomic mass is 35.5. The second-order valence-electron chi connectivity index (χ2n) is 4.98. The third kappa shape index (κ3) is 2.34. The summed E-state index contributed by atoms with van der Waals surface area (Å²) >= 11 is 7.24. The van der Waals surface area contributed by atoms with E-state index in [4.69, 9.17) is 11.6 Å². The molecule has 0 aliphatic carbocycles. The molecule has 0 aliphatic heterocycles. The summed E-state index contributed by atoms with van der Waals surface area (Å²) in [5.41, 5.74) is 3.38. The molecule has 6 nitrogen and oxygen atoms in total. The topological polar surface area (TPSA) is 72.7 Å². The van der Waals surface area contributed by atoms with Crippen LogP contribution in [-0.4, -0.2) is 25.4 Å². The smallest absolute Gasteiger partial charge is 0.258 e. The van der Waals surface area contributed by atoms with Gasteiger partial charge in [-0.25, -0.2) is 15.0 Å². The first-order chi connectivity index (χ1) is 11.1. The van der Waals surface area contributed by atoms with Gasteiger partial charge in [0.1, 0.15) is 5.52 Å². The van der Waals surface area contributed by atoms with Crippen molar-refractivity contribution in [2.24, 2.45) is 7.05 Å². The molecule has 0 unspecified atom stereocenters. The van der Waals surface area contributed by atoms with Crippen LogP contribution in [0.15, 0.2) is 36.1 Å². The molecule has 1 aromatic carbocycles. The number of hydrogen-bond donors (Lipinski definition) is 1. The summed E-state index contributed by atoms with van der Waals surface area (Å²) in [6.07, 6.45) is 3.33. The van der Waals surface area contributed by atoms with E-state index in [0.717, 1.165) is 15.7 Å². The van der Waals surface area contributed by atoms with Crippen LogP contribution in [0.1, 0.15) is 10.4 Å². The normalized spacial score (nSPS) is 11.2. The second kappa shape index (κ2) is 5.29. The molecule has 0 bridgehead atoms. The lowest BCUT2D eigenvalue weighted by molar-refractivity contribution is 0.102. The lowest BCUT2D eigenvalue weighted by Gasteiger charge is -2.05. The van der Waals surface area contributed by atoms with Crippen LogP contribution in [0.5, 0.6) is 0 Å². The Morgan fingerprint density at radius 3 is 3.04 bits per heavy atom. The van der Waals surface area contributed by atoms with Crippen molar-refractivity contribution in [2.45, 2.75) is 0 Å². The minimum atomic E-state index is -0.246. The van der Waals surface area contributed by atoms with Crippen molar-refractivity contribution in [3.05, 3.63) is 47.0 Å². The van der Waals surface area contributed by atoms with E-state index < -0.39 is 0 Å². The molecule has 4 aromatic rings. The van der Waals surface area contributed by atoms with Crippen LogP contribution >= 0.6 is 22.9 Å². The van der Waals surface area contributed by atoms with Crippen LogP contribution in [0, 0.1) is 0 Å². The standard InChI is InChI=1S/C15H10ClN5OS/c1-21-7-18-13-9(3-2-4-10(13)21)19-14(22)8-6-23-11-5-17-15(16)20-12(8)11/h2-7H,1H3,(H,19,22). The number of para-hydroxylation sites is 1. The number of carbonyl (C=O) groups excluding carboxylic acids is 1. The van der Waals surface area contributed by atoms with Crippen molar-refractivity contribution in [3.8, 4) is 0 Å². The lowest BCUT2D eigenvalue weighted by atomic mass is 10.2. The predicted octanol–water partition coefficient (Wildman–Crippen LogP) is 3.48. The van der Waals surface area contributed by atoms with Crippen molar-refractivity contribution in [2.75, 3.05) is 5.32 Å². The van der Waals surface area contributed by atoms with E-state index in [1.54, 1.807) is 17.9 Å². The zero-order valence-corrected chi connectivity index (χ0v) is 13.5. The van der Waals surface area contributed by atoms with Crippen molar-refractivity contribution < 1.29 is 4.79 Å². The molecule has 0 radical (unpaired) electrons. The number of aryl methyl sites for hydroxylation is 1. The maximum absolute atomic E-state index is 12.6. The van der Waals surface area contributed by atoms with Gasteiger partial charge in [0, 0.05) is 18.6 Å². The zero-order valence-electron chi connectivity index (χ0n) is 11.9. The molecule has 1 amide bonds. The molecule has 0 fully saturated rings. The molecule has 8 heteroatoms. The number of hydrogen-bond acceptors (Lipinski definition) is 5. The van der Waals surface area contributed by atoms with Crippen molar-refractivity contribution >= 4 is 55.8 Å². The molecule has 0 saturated carbocycles. The maximum Gasteiger partial charge on any atom is 0.258 e. The van der Waals surface area contributed by atoms with Crippen LogP contribution < -0.4 is 5.32 Å². The van der Waals surface area contributed by atoms with Gasteiger partial charge in [0.2, 0.25) is 5.28 Å². The van der Waals surface area contributed by atoms with Crippen LogP contribution in [-0.2, 0) is 7.05 Å². The summed E-state index contributed by atoms with van der Waals surface area (Å²) < 4.78 is 2.72. The fraction of sp³-hybridized carbons (Fsp3) is 0.0667. The number of carbonyl (C=O) groups is 1. The highest BCUT2D eigenvalue weighted by Crippen LogP contribution is 2.27.